The maximum absolute atomic E-state index is 14.0. The molecule has 0 radical (unpaired) electrons. The second-order valence-corrected chi connectivity index (χ2v) is 11.0. The van der Waals surface area contributed by atoms with Crippen LogP contribution >= 0.6 is 11.6 Å². The molecular formula is C29H22ClF3N2O4S. The fourth-order valence-corrected chi connectivity index (χ4v) is 5.80. The second-order valence-electron chi connectivity index (χ2n) is 8.78. The molecule has 6 nitrogen and oxygen atoms in total. The van der Waals surface area contributed by atoms with Crippen molar-refractivity contribution in [3.05, 3.63) is 124 Å². The molecular weight excluding hydrogens is 565 g/mol. The highest BCUT2D eigenvalue weighted by Crippen LogP contribution is 2.35. The zero-order valence-corrected chi connectivity index (χ0v) is 22.5. The number of rotatable bonds is 8. The maximum Gasteiger partial charge on any atom is 0.416 e. The van der Waals surface area contributed by atoms with Gasteiger partial charge in [0.2, 0.25) is 0 Å². The number of alkyl halides is 3. The number of Topliss-reactive ketones (excluding diaryl/α,β-unsaturated/α-hetero) is 1. The molecule has 0 fully saturated rings. The minimum Gasteiger partial charge on any atom is -0.322 e. The lowest BCUT2D eigenvalue weighted by molar-refractivity contribution is -0.137. The number of halogens is 4. The van der Waals surface area contributed by atoms with Crippen LogP contribution in [0, 0.1) is 0 Å². The smallest absolute Gasteiger partial charge is 0.322 e. The molecule has 4 aromatic rings. The van der Waals surface area contributed by atoms with Crippen molar-refractivity contribution in [2.75, 3.05) is 9.62 Å². The molecule has 11 heteroatoms. The van der Waals surface area contributed by atoms with Crippen LogP contribution in [0.25, 0.3) is 0 Å². The molecule has 4 rings (SSSR count). The van der Waals surface area contributed by atoms with Crippen LogP contribution in [0.2, 0.25) is 5.02 Å². The first-order valence-corrected chi connectivity index (χ1v) is 13.6. The number of hydrogen-bond acceptors (Lipinski definition) is 4. The van der Waals surface area contributed by atoms with Gasteiger partial charge in [-0.25, -0.2) is 8.42 Å². The van der Waals surface area contributed by atoms with Crippen LogP contribution in [-0.4, -0.2) is 20.1 Å². The molecule has 1 amide bonds. The monoisotopic (exact) mass is 586 g/mol. The lowest BCUT2D eigenvalue weighted by atomic mass is 10.1. The molecule has 0 bridgehead atoms. The third kappa shape index (κ3) is 6.52. The highest BCUT2D eigenvalue weighted by molar-refractivity contribution is 7.93. The molecule has 0 aliphatic carbocycles. The van der Waals surface area contributed by atoms with Crippen LogP contribution in [0.3, 0.4) is 0 Å². The molecule has 0 aliphatic heterocycles. The molecule has 0 saturated heterocycles. The van der Waals surface area contributed by atoms with E-state index >= 15 is 0 Å². The fourth-order valence-electron chi connectivity index (χ4n) is 3.85. The largest absolute Gasteiger partial charge is 0.416 e. The van der Waals surface area contributed by atoms with Crippen molar-refractivity contribution in [2.24, 2.45) is 0 Å². The first-order valence-electron chi connectivity index (χ1n) is 11.8. The highest BCUT2D eigenvalue weighted by atomic mass is 35.5. The molecule has 0 aromatic heterocycles. The zero-order chi connectivity index (χ0) is 29.1. The molecule has 0 atom stereocenters. The van der Waals surface area contributed by atoms with E-state index in [1.54, 1.807) is 30.3 Å². The SMILES string of the molecule is CC(=O)c1ccc(NC(=O)c2ccc(Cl)c(S(=O)(=O)N(Cc3ccccc3)c3cccc(C(F)(F)F)c3)c2)cc1. The summed E-state index contributed by atoms with van der Waals surface area (Å²) in [5.41, 5.74) is 0.0308. The molecule has 0 saturated carbocycles. The quantitative estimate of drug-likeness (QED) is 0.221. The van der Waals surface area contributed by atoms with Gasteiger partial charge in [0, 0.05) is 16.8 Å². The summed E-state index contributed by atoms with van der Waals surface area (Å²) < 4.78 is 69.1. The number of benzene rings is 4. The summed E-state index contributed by atoms with van der Waals surface area (Å²) in [6, 6.07) is 22.1. The van der Waals surface area contributed by atoms with E-state index in [-0.39, 0.29) is 28.6 Å². The predicted octanol–water partition coefficient (Wildman–Crippen LogP) is 7.21. The molecule has 206 valence electrons. The molecule has 4 aromatic carbocycles. The van der Waals surface area contributed by atoms with Crippen molar-refractivity contribution in [1.82, 2.24) is 0 Å². The van der Waals surface area contributed by atoms with Crippen LogP contribution in [-0.2, 0) is 22.7 Å². The average Bonchev–Trinajstić information content (AvgIpc) is 2.92. The van der Waals surface area contributed by atoms with Gasteiger partial charge in [-0.2, -0.15) is 13.2 Å². The lowest BCUT2D eigenvalue weighted by Crippen LogP contribution is -2.31. The Bertz CT molecular complexity index is 1660. The summed E-state index contributed by atoms with van der Waals surface area (Å²) in [5.74, 6) is -0.802. The Morgan fingerprint density at radius 3 is 2.12 bits per heavy atom. The summed E-state index contributed by atoms with van der Waals surface area (Å²) in [6.45, 7) is 1.11. The van der Waals surface area contributed by atoms with Gasteiger partial charge in [0.1, 0.15) is 4.90 Å². The minimum absolute atomic E-state index is 0.0534. The molecule has 40 heavy (non-hydrogen) atoms. The van der Waals surface area contributed by atoms with Crippen molar-refractivity contribution in [3.8, 4) is 0 Å². The Kier molecular flexibility index (Phi) is 8.32. The number of nitrogens with zero attached hydrogens (tertiary/aromatic N) is 1. The van der Waals surface area contributed by atoms with E-state index in [9.17, 15) is 31.2 Å². The minimum atomic E-state index is -4.70. The van der Waals surface area contributed by atoms with Crippen LogP contribution in [0.15, 0.2) is 102 Å². The first-order chi connectivity index (χ1) is 18.9. The molecule has 1 N–H and O–H groups in total. The number of amides is 1. The predicted molar refractivity (Wildman–Crippen MR) is 147 cm³/mol. The topological polar surface area (TPSA) is 83.5 Å². The first kappa shape index (κ1) is 28.8. The Balaban J connectivity index is 1.74. The van der Waals surface area contributed by atoms with Gasteiger partial charge in [-0.15, -0.1) is 0 Å². The summed E-state index contributed by atoms with van der Waals surface area (Å²) >= 11 is 6.28. The van der Waals surface area contributed by atoms with E-state index in [4.69, 9.17) is 11.6 Å². The number of ketones is 1. The summed E-state index contributed by atoms with van der Waals surface area (Å²) in [5, 5.41) is 2.41. The third-order valence-corrected chi connectivity index (χ3v) is 8.20. The van der Waals surface area contributed by atoms with Crippen molar-refractivity contribution in [1.29, 1.82) is 0 Å². The summed E-state index contributed by atoms with van der Waals surface area (Å²) in [4.78, 5) is 24.0. The van der Waals surface area contributed by atoms with Gasteiger partial charge < -0.3 is 5.32 Å². The molecule has 0 spiro atoms. The Hall–Kier alpha value is -4.15. The van der Waals surface area contributed by atoms with Gasteiger partial charge >= 0.3 is 6.18 Å². The van der Waals surface area contributed by atoms with Gasteiger partial charge in [-0.1, -0.05) is 48.0 Å². The Labute approximate surface area is 234 Å². The number of hydrogen-bond donors (Lipinski definition) is 1. The Morgan fingerprint density at radius 2 is 1.50 bits per heavy atom. The van der Waals surface area contributed by atoms with E-state index in [1.165, 1.54) is 49.4 Å². The Morgan fingerprint density at radius 1 is 0.850 bits per heavy atom. The van der Waals surface area contributed by atoms with E-state index in [2.05, 4.69) is 5.32 Å². The van der Waals surface area contributed by atoms with Gasteiger partial charge in [-0.05, 0) is 73.2 Å². The normalized spacial score (nSPS) is 11.6. The number of sulfonamides is 1. The summed E-state index contributed by atoms with van der Waals surface area (Å²) in [6.07, 6.45) is -4.70. The molecule has 0 heterocycles. The average molecular weight is 587 g/mol. The van der Waals surface area contributed by atoms with Gasteiger partial charge in [-0.3, -0.25) is 13.9 Å². The summed E-state index contributed by atoms with van der Waals surface area (Å²) in [7, 11) is -4.57. The standard InChI is InChI=1S/C29H22ClF3N2O4S/c1-19(36)21-10-13-24(14-11-21)34-28(37)22-12-15-26(30)27(16-22)40(38,39)35(18-20-6-3-2-4-7-20)25-9-5-8-23(17-25)29(31,32)33/h2-17H,18H2,1H3,(H,34,37). The third-order valence-electron chi connectivity index (χ3n) is 5.94. The number of carbonyl (C=O) groups is 2. The number of anilines is 2. The number of nitrogens with one attached hydrogen (secondary N) is 1. The van der Waals surface area contributed by atoms with Gasteiger partial charge in [0.15, 0.2) is 5.78 Å². The van der Waals surface area contributed by atoms with Crippen LogP contribution in [0.1, 0.15) is 38.8 Å². The number of carbonyl (C=O) groups excluding carboxylic acids is 2. The van der Waals surface area contributed by atoms with Crippen LogP contribution in [0.5, 0.6) is 0 Å². The second kappa shape index (κ2) is 11.5. The molecule has 0 aliphatic rings. The van der Waals surface area contributed by atoms with Crippen molar-refractivity contribution in [3.63, 3.8) is 0 Å². The van der Waals surface area contributed by atoms with Gasteiger partial charge in [0.25, 0.3) is 15.9 Å². The van der Waals surface area contributed by atoms with Crippen molar-refractivity contribution >= 4 is 44.7 Å². The van der Waals surface area contributed by atoms with Crippen LogP contribution < -0.4 is 9.62 Å². The lowest BCUT2D eigenvalue weighted by Gasteiger charge is -2.26. The van der Waals surface area contributed by atoms with E-state index in [0.717, 1.165) is 28.6 Å². The highest BCUT2D eigenvalue weighted by Gasteiger charge is 2.33. The van der Waals surface area contributed by atoms with E-state index in [1.807, 2.05) is 0 Å². The van der Waals surface area contributed by atoms with E-state index in [0.29, 0.717) is 16.8 Å². The van der Waals surface area contributed by atoms with Crippen molar-refractivity contribution < 1.29 is 31.2 Å². The maximum atomic E-state index is 14.0. The molecule has 0 unspecified atom stereocenters. The van der Waals surface area contributed by atoms with Gasteiger partial charge in [0.05, 0.1) is 22.8 Å². The zero-order valence-electron chi connectivity index (χ0n) is 20.9. The van der Waals surface area contributed by atoms with Crippen LogP contribution in [0.4, 0.5) is 24.5 Å². The fraction of sp³-hybridized carbons (Fsp3) is 0.103. The van der Waals surface area contributed by atoms with E-state index < -0.39 is 32.6 Å². The van der Waals surface area contributed by atoms with Crippen molar-refractivity contribution in [2.45, 2.75) is 24.5 Å².